The predicted octanol–water partition coefficient (Wildman–Crippen LogP) is 1.98. The maximum absolute atomic E-state index is 11.6. The number of amides is 1. The molecule has 1 rings (SSSR count). The number of nitrogens with one attached hydrogen (secondary N) is 2. The molecule has 0 heterocycles. The van der Waals surface area contributed by atoms with Crippen LogP contribution in [0.15, 0.2) is 18.2 Å². The summed E-state index contributed by atoms with van der Waals surface area (Å²) in [5.74, 6) is 0.365. The van der Waals surface area contributed by atoms with Crippen molar-refractivity contribution in [3.63, 3.8) is 0 Å². The molecule has 0 saturated heterocycles. The molecule has 0 saturated carbocycles. The first-order chi connectivity index (χ1) is 10.2. The fourth-order valence-electron chi connectivity index (χ4n) is 1.74. The van der Waals surface area contributed by atoms with E-state index < -0.39 is 0 Å². The molecule has 2 N–H and O–H groups in total. The van der Waals surface area contributed by atoms with Crippen molar-refractivity contribution in [1.29, 1.82) is 0 Å². The van der Waals surface area contributed by atoms with Crippen LogP contribution in [-0.2, 0) is 16.1 Å². The molecule has 1 aromatic carbocycles. The highest BCUT2D eigenvalue weighted by Gasteiger charge is 2.10. The predicted molar refractivity (Wildman–Crippen MR) is 83.8 cm³/mol. The van der Waals surface area contributed by atoms with Crippen molar-refractivity contribution in [1.82, 2.24) is 10.6 Å². The summed E-state index contributed by atoms with van der Waals surface area (Å²) < 4.78 is 10.4. The van der Waals surface area contributed by atoms with Crippen molar-refractivity contribution in [2.75, 3.05) is 33.4 Å². The fraction of sp³-hybridized carbons (Fsp3) is 0.533. The molecule has 0 fully saturated rings. The summed E-state index contributed by atoms with van der Waals surface area (Å²) in [6.07, 6.45) is 1.05. The molecule has 1 aromatic rings. The van der Waals surface area contributed by atoms with E-state index in [1.807, 2.05) is 12.1 Å². The van der Waals surface area contributed by atoms with E-state index in [1.165, 1.54) is 0 Å². The van der Waals surface area contributed by atoms with Crippen LogP contribution < -0.4 is 15.4 Å². The molecule has 0 unspecified atom stereocenters. The number of methoxy groups -OCH3 is 1. The van der Waals surface area contributed by atoms with E-state index in [-0.39, 0.29) is 12.5 Å². The Balaban J connectivity index is 2.54. The van der Waals surface area contributed by atoms with Crippen LogP contribution in [0.2, 0.25) is 5.02 Å². The van der Waals surface area contributed by atoms with Crippen molar-refractivity contribution in [3.8, 4) is 5.75 Å². The van der Waals surface area contributed by atoms with E-state index in [0.29, 0.717) is 30.5 Å². The third kappa shape index (κ3) is 6.80. The fourth-order valence-corrected chi connectivity index (χ4v) is 1.98. The van der Waals surface area contributed by atoms with Gasteiger partial charge >= 0.3 is 0 Å². The van der Waals surface area contributed by atoms with Gasteiger partial charge in [-0.3, -0.25) is 4.79 Å². The molecule has 118 valence electrons. The van der Waals surface area contributed by atoms with E-state index in [1.54, 1.807) is 13.2 Å². The van der Waals surface area contributed by atoms with Crippen LogP contribution in [0.4, 0.5) is 0 Å². The van der Waals surface area contributed by atoms with Crippen molar-refractivity contribution < 1.29 is 14.3 Å². The van der Waals surface area contributed by atoms with Crippen LogP contribution in [0.3, 0.4) is 0 Å². The second-order valence-corrected chi connectivity index (χ2v) is 4.94. The Labute approximate surface area is 131 Å². The Kier molecular flexibility index (Phi) is 8.82. The highest BCUT2D eigenvalue weighted by molar-refractivity contribution is 6.32. The highest BCUT2D eigenvalue weighted by Crippen LogP contribution is 2.28. The van der Waals surface area contributed by atoms with Gasteiger partial charge in [0.2, 0.25) is 0 Å². The van der Waals surface area contributed by atoms with E-state index in [4.69, 9.17) is 21.1 Å². The van der Waals surface area contributed by atoms with Gasteiger partial charge in [-0.1, -0.05) is 30.7 Å². The van der Waals surface area contributed by atoms with Crippen LogP contribution in [0.25, 0.3) is 0 Å². The van der Waals surface area contributed by atoms with Crippen LogP contribution in [0, 0.1) is 0 Å². The van der Waals surface area contributed by atoms with Gasteiger partial charge in [-0.25, -0.2) is 0 Å². The number of hydrogen-bond donors (Lipinski definition) is 2. The quantitative estimate of drug-likeness (QED) is 0.648. The third-order valence-electron chi connectivity index (χ3n) is 2.77. The molecule has 0 aromatic heterocycles. The van der Waals surface area contributed by atoms with Crippen LogP contribution in [0.1, 0.15) is 18.9 Å². The van der Waals surface area contributed by atoms with Gasteiger partial charge in [0.05, 0.1) is 11.6 Å². The lowest BCUT2D eigenvalue weighted by Gasteiger charge is -2.13. The van der Waals surface area contributed by atoms with E-state index in [9.17, 15) is 4.79 Å². The van der Waals surface area contributed by atoms with Gasteiger partial charge < -0.3 is 20.1 Å². The van der Waals surface area contributed by atoms with Crippen LogP contribution >= 0.6 is 11.6 Å². The maximum Gasteiger partial charge on any atom is 0.258 e. The maximum atomic E-state index is 11.6. The number of para-hydroxylation sites is 1. The minimum atomic E-state index is -0.195. The summed E-state index contributed by atoms with van der Waals surface area (Å²) in [6, 6.07) is 5.56. The second-order valence-electron chi connectivity index (χ2n) is 4.54. The zero-order valence-corrected chi connectivity index (χ0v) is 13.3. The molecule has 0 atom stereocenters. The average molecular weight is 315 g/mol. The molecular weight excluding hydrogens is 292 g/mol. The molecule has 0 aliphatic heterocycles. The largest absolute Gasteiger partial charge is 0.482 e. The number of benzene rings is 1. The Morgan fingerprint density at radius 2 is 2.14 bits per heavy atom. The number of halogens is 1. The molecule has 0 spiro atoms. The smallest absolute Gasteiger partial charge is 0.258 e. The second kappa shape index (κ2) is 10.4. The molecule has 0 aliphatic carbocycles. The lowest BCUT2D eigenvalue weighted by atomic mass is 10.2. The summed E-state index contributed by atoms with van der Waals surface area (Å²) in [7, 11) is 1.59. The SMILES string of the molecule is CCCNCc1cccc(Cl)c1OCC(=O)NCCOC. The molecule has 6 heteroatoms. The van der Waals surface area contributed by atoms with Crippen molar-refractivity contribution in [2.45, 2.75) is 19.9 Å². The topological polar surface area (TPSA) is 59.6 Å². The highest BCUT2D eigenvalue weighted by atomic mass is 35.5. The van der Waals surface area contributed by atoms with Gasteiger partial charge in [0.25, 0.3) is 5.91 Å². The molecule has 1 amide bonds. The average Bonchev–Trinajstić information content (AvgIpc) is 2.47. The van der Waals surface area contributed by atoms with Gasteiger partial charge in [0.1, 0.15) is 5.75 Å². The summed E-state index contributed by atoms with van der Waals surface area (Å²) in [6.45, 7) is 4.57. The van der Waals surface area contributed by atoms with Crippen LogP contribution in [0.5, 0.6) is 5.75 Å². The molecule has 21 heavy (non-hydrogen) atoms. The third-order valence-corrected chi connectivity index (χ3v) is 3.06. The number of ether oxygens (including phenoxy) is 2. The molecule has 5 nitrogen and oxygen atoms in total. The minimum Gasteiger partial charge on any atom is -0.482 e. The standard InChI is InChI=1S/C15H23ClN2O3/c1-3-7-17-10-12-5-4-6-13(16)15(12)21-11-14(19)18-8-9-20-2/h4-6,17H,3,7-11H2,1-2H3,(H,18,19). The van der Waals surface area contributed by atoms with E-state index >= 15 is 0 Å². The van der Waals surface area contributed by atoms with Gasteiger partial charge in [-0.15, -0.1) is 0 Å². The van der Waals surface area contributed by atoms with E-state index in [2.05, 4.69) is 17.6 Å². The zero-order chi connectivity index (χ0) is 15.5. The summed E-state index contributed by atoms with van der Waals surface area (Å²) in [4.78, 5) is 11.6. The minimum absolute atomic E-state index is 0.0613. The lowest BCUT2D eigenvalue weighted by Crippen LogP contribution is -2.31. The number of hydrogen-bond acceptors (Lipinski definition) is 4. The van der Waals surface area contributed by atoms with Gasteiger partial charge in [0.15, 0.2) is 6.61 Å². The molecule has 0 aliphatic rings. The normalized spacial score (nSPS) is 10.4. The summed E-state index contributed by atoms with van der Waals surface area (Å²) >= 11 is 6.15. The van der Waals surface area contributed by atoms with Gasteiger partial charge in [0, 0.05) is 25.8 Å². The first-order valence-corrected chi connectivity index (χ1v) is 7.43. The monoisotopic (exact) mass is 314 g/mol. The van der Waals surface area contributed by atoms with Gasteiger partial charge in [-0.05, 0) is 19.0 Å². The summed E-state index contributed by atoms with van der Waals surface area (Å²) in [5.41, 5.74) is 0.945. The van der Waals surface area contributed by atoms with Gasteiger partial charge in [-0.2, -0.15) is 0 Å². The first-order valence-electron chi connectivity index (χ1n) is 7.05. The zero-order valence-electron chi connectivity index (χ0n) is 12.6. The Hall–Kier alpha value is -1.30. The number of rotatable bonds is 10. The van der Waals surface area contributed by atoms with Crippen LogP contribution in [-0.4, -0.2) is 39.3 Å². The molecule has 0 radical (unpaired) electrons. The summed E-state index contributed by atoms with van der Waals surface area (Å²) in [5, 5.41) is 6.50. The van der Waals surface area contributed by atoms with Crippen molar-refractivity contribution >= 4 is 17.5 Å². The number of carbonyl (C=O) groups is 1. The Bertz CT molecular complexity index is 441. The number of carbonyl (C=O) groups excluding carboxylic acids is 1. The Morgan fingerprint density at radius 1 is 1.33 bits per heavy atom. The van der Waals surface area contributed by atoms with E-state index in [0.717, 1.165) is 18.5 Å². The lowest BCUT2D eigenvalue weighted by molar-refractivity contribution is -0.123. The van der Waals surface area contributed by atoms with Crippen molar-refractivity contribution in [2.24, 2.45) is 0 Å². The molecule has 0 bridgehead atoms. The van der Waals surface area contributed by atoms with Crippen molar-refractivity contribution in [3.05, 3.63) is 28.8 Å². The Morgan fingerprint density at radius 3 is 2.86 bits per heavy atom. The first kappa shape index (κ1) is 17.8. The molecular formula is C15H23ClN2O3.